The number of benzene rings is 1. The van der Waals surface area contributed by atoms with Crippen LogP contribution >= 0.6 is 11.3 Å². The Morgan fingerprint density at radius 2 is 2.08 bits per heavy atom. The molecule has 3 aromatic heterocycles. The fourth-order valence-electron chi connectivity index (χ4n) is 2.53. The summed E-state index contributed by atoms with van der Waals surface area (Å²) in [7, 11) is 0. The maximum Gasteiger partial charge on any atom is 0.275 e. The van der Waals surface area contributed by atoms with E-state index in [2.05, 4.69) is 32.6 Å². The van der Waals surface area contributed by atoms with Crippen molar-refractivity contribution in [3.8, 4) is 0 Å². The van der Waals surface area contributed by atoms with Gasteiger partial charge in [-0.1, -0.05) is 41.7 Å². The Kier molecular flexibility index (Phi) is 4.02. The van der Waals surface area contributed by atoms with E-state index in [9.17, 15) is 4.79 Å². The lowest BCUT2D eigenvalue weighted by Gasteiger charge is -2.09. The van der Waals surface area contributed by atoms with Crippen LogP contribution in [-0.4, -0.2) is 24.4 Å². The zero-order valence-corrected chi connectivity index (χ0v) is 14.3. The molecule has 0 saturated carbocycles. The van der Waals surface area contributed by atoms with Crippen LogP contribution in [0.2, 0.25) is 0 Å². The number of anilines is 1. The van der Waals surface area contributed by atoms with Crippen LogP contribution < -0.4 is 10.9 Å². The summed E-state index contributed by atoms with van der Waals surface area (Å²) in [5.74, 6) is 0. The molecule has 1 aromatic carbocycles. The molecule has 0 bridgehead atoms. The van der Waals surface area contributed by atoms with Gasteiger partial charge in [-0.15, -0.1) is 5.10 Å². The molecule has 0 aliphatic rings. The van der Waals surface area contributed by atoms with E-state index in [0.717, 1.165) is 12.1 Å². The second-order valence-corrected chi connectivity index (χ2v) is 6.66. The van der Waals surface area contributed by atoms with Gasteiger partial charge in [-0.05, 0) is 12.5 Å². The van der Waals surface area contributed by atoms with E-state index < -0.39 is 0 Å². The zero-order chi connectivity index (χ0) is 17.2. The van der Waals surface area contributed by atoms with Crippen LogP contribution in [-0.2, 0) is 6.54 Å². The van der Waals surface area contributed by atoms with Crippen molar-refractivity contribution < 1.29 is 0 Å². The van der Waals surface area contributed by atoms with Crippen molar-refractivity contribution in [3.05, 3.63) is 76.5 Å². The van der Waals surface area contributed by atoms with E-state index in [0.29, 0.717) is 10.1 Å². The number of fused-ring (bicyclic) bond motifs is 1. The first-order valence-corrected chi connectivity index (χ1v) is 8.68. The minimum atomic E-state index is -0.183. The van der Waals surface area contributed by atoms with Gasteiger partial charge in [0, 0.05) is 24.0 Å². The van der Waals surface area contributed by atoms with Crippen LogP contribution in [0, 0.1) is 0 Å². The SMILES string of the molecule is CC(Nc1nn2c(=O)ccnc2s1)c1cnn(Cc2ccccc2)c1. The first-order valence-electron chi connectivity index (χ1n) is 7.87. The number of hydrogen-bond acceptors (Lipinski definition) is 6. The summed E-state index contributed by atoms with van der Waals surface area (Å²) in [5.41, 5.74) is 2.07. The molecule has 1 N–H and O–H groups in total. The lowest BCUT2D eigenvalue weighted by atomic mass is 10.2. The maximum atomic E-state index is 11.8. The maximum absolute atomic E-state index is 11.8. The monoisotopic (exact) mass is 352 g/mol. The number of aromatic nitrogens is 5. The molecule has 1 unspecified atom stereocenters. The van der Waals surface area contributed by atoms with Gasteiger partial charge in [0.25, 0.3) is 5.56 Å². The van der Waals surface area contributed by atoms with E-state index >= 15 is 0 Å². The van der Waals surface area contributed by atoms with E-state index in [1.54, 1.807) is 0 Å². The van der Waals surface area contributed by atoms with Crippen molar-refractivity contribution in [2.45, 2.75) is 19.5 Å². The van der Waals surface area contributed by atoms with Gasteiger partial charge in [0.05, 0.1) is 18.8 Å². The van der Waals surface area contributed by atoms with Gasteiger partial charge in [0.15, 0.2) is 0 Å². The highest BCUT2D eigenvalue weighted by Gasteiger charge is 2.12. The van der Waals surface area contributed by atoms with Crippen LogP contribution in [0.1, 0.15) is 24.1 Å². The molecule has 8 heteroatoms. The van der Waals surface area contributed by atoms with Crippen molar-refractivity contribution in [1.29, 1.82) is 0 Å². The summed E-state index contributed by atoms with van der Waals surface area (Å²) in [6.07, 6.45) is 5.36. The third-order valence-electron chi connectivity index (χ3n) is 3.85. The second kappa shape index (κ2) is 6.48. The van der Waals surface area contributed by atoms with Crippen LogP contribution in [0.25, 0.3) is 4.96 Å². The van der Waals surface area contributed by atoms with Gasteiger partial charge in [0.1, 0.15) is 0 Å². The van der Waals surface area contributed by atoms with E-state index in [4.69, 9.17) is 0 Å². The van der Waals surface area contributed by atoms with Crippen molar-refractivity contribution >= 4 is 21.4 Å². The van der Waals surface area contributed by atoms with E-state index in [1.165, 1.54) is 33.7 Å². The average Bonchev–Trinajstić information content (AvgIpc) is 3.23. The molecule has 0 fully saturated rings. The molecule has 126 valence electrons. The summed E-state index contributed by atoms with van der Waals surface area (Å²) in [6.45, 7) is 2.76. The smallest absolute Gasteiger partial charge is 0.275 e. The van der Waals surface area contributed by atoms with Gasteiger partial charge < -0.3 is 5.32 Å². The molecule has 7 nitrogen and oxygen atoms in total. The number of nitrogens with zero attached hydrogens (tertiary/aromatic N) is 5. The highest BCUT2D eigenvalue weighted by molar-refractivity contribution is 7.20. The van der Waals surface area contributed by atoms with Gasteiger partial charge in [-0.2, -0.15) is 9.61 Å². The standard InChI is InChI=1S/C17H16N6OS/c1-12(20-16-21-23-15(24)7-8-18-17(23)25-16)14-9-19-22(11-14)10-13-5-3-2-4-6-13/h2-9,11-12H,10H2,1H3,(H,20,21). The zero-order valence-electron chi connectivity index (χ0n) is 13.5. The summed E-state index contributed by atoms with van der Waals surface area (Å²) >= 11 is 1.35. The normalized spacial score (nSPS) is 12.4. The van der Waals surface area contributed by atoms with E-state index in [-0.39, 0.29) is 11.6 Å². The third kappa shape index (κ3) is 3.29. The molecule has 0 radical (unpaired) electrons. The van der Waals surface area contributed by atoms with Gasteiger partial charge in [-0.25, -0.2) is 4.98 Å². The Balaban J connectivity index is 1.50. The van der Waals surface area contributed by atoms with Crippen molar-refractivity contribution in [2.75, 3.05) is 5.32 Å². The summed E-state index contributed by atoms with van der Waals surface area (Å²) in [6, 6.07) is 11.6. The quantitative estimate of drug-likeness (QED) is 0.597. The molecule has 4 rings (SSSR count). The van der Waals surface area contributed by atoms with Crippen molar-refractivity contribution in [3.63, 3.8) is 0 Å². The second-order valence-electron chi connectivity index (χ2n) is 5.71. The Bertz CT molecular complexity index is 1050. The Morgan fingerprint density at radius 1 is 1.24 bits per heavy atom. The van der Waals surface area contributed by atoms with E-state index in [1.807, 2.05) is 42.2 Å². The summed E-state index contributed by atoms with van der Waals surface area (Å²) in [5, 5.41) is 12.7. The van der Waals surface area contributed by atoms with Crippen LogP contribution in [0.4, 0.5) is 5.13 Å². The lowest BCUT2D eigenvalue weighted by molar-refractivity contribution is 0.685. The minimum Gasteiger partial charge on any atom is -0.353 e. The molecule has 0 saturated heterocycles. The number of rotatable bonds is 5. The largest absolute Gasteiger partial charge is 0.353 e. The predicted octanol–water partition coefficient (Wildman–Crippen LogP) is 2.57. The summed E-state index contributed by atoms with van der Waals surface area (Å²) < 4.78 is 3.21. The predicted molar refractivity (Wildman–Crippen MR) is 96.9 cm³/mol. The summed E-state index contributed by atoms with van der Waals surface area (Å²) in [4.78, 5) is 16.5. The van der Waals surface area contributed by atoms with Gasteiger partial charge in [-0.3, -0.25) is 9.48 Å². The highest BCUT2D eigenvalue weighted by atomic mass is 32.1. The Morgan fingerprint density at radius 3 is 2.88 bits per heavy atom. The minimum absolute atomic E-state index is 0.0146. The fourth-order valence-corrected chi connectivity index (χ4v) is 3.39. The molecule has 0 aliphatic carbocycles. The molecular formula is C17H16N6OS. The molecule has 3 heterocycles. The third-order valence-corrected chi connectivity index (χ3v) is 4.71. The molecular weight excluding hydrogens is 336 g/mol. The molecule has 0 aliphatic heterocycles. The first-order chi connectivity index (χ1) is 12.2. The Labute approximate surface area is 147 Å². The topological polar surface area (TPSA) is 77.1 Å². The average molecular weight is 352 g/mol. The molecule has 25 heavy (non-hydrogen) atoms. The fraction of sp³-hybridized carbons (Fsp3) is 0.176. The lowest BCUT2D eigenvalue weighted by Crippen LogP contribution is -2.13. The van der Waals surface area contributed by atoms with Gasteiger partial charge >= 0.3 is 0 Å². The number of hydrogen-bond donors (Lipinski definition) is 1. The number of nitrogens with one attached hydrogen (secondary N) is 1. The highest BCUT2D eigenvalue weighted by Crippen LogP contribution is 2.22. The van der Waals surface area contributed by atoms with Crippen molar-refractivity contribution in [1.82, 2.24) is 24.4 Å². The van der Waals surface area contributed by atoms with Gasteiger partial charge in [0.2, 0.25) is 10.1 Å². The van der Waals surface area contributed by atoms with Crippen LogP contribution in [0.5, 0.6) is 0 Å². The van der Waals surface area contributed by atoms with Crippen LogP contribution in [0.15, 0.2) is 59.8 Å². The first kappa shape index (κ1) is 15.5. The molecule has 0 amide bonds. The van der Waals surface area contributed by atoms with Crippen LogP contribution in [0.3, 0.4) is 0 Å². The Hall–Kier alpha value is -3.00. The molecule has 4 aromatic rings. The molecule has 0 spiro atoms. The molecule has 1 atom stereocenters. The van der Waals surface area contributed by atoms with Crippen molar-refractivity contribution in [2.24, 2.45) is 0 Å².